The minimum atomic E-state index is -0.0553. The van der Waals surface area contributed by atoms with Crippen LogP contribution in [-0.2, 0) is 9.63 Å². The molecule has 1 aromatic carbocycles. The van der Waals surface area contributed by atoms with Gasteiger partial charge in [0.1, 0.15) is 6.10 Å². The highest BCUT2D eigenvalue weighted by Gasteiger charge is 2.18. The van der Waals surface area contributed by atoms with Crippen molar-refractivity contribution >= 4 is 23.3 Å². The van der Waals surface area contributed by atoms with E-state index in [9.17, 15) is 4.79 Å². The van der Waals surface area contributed by atoms with E-state index in [1.807, 2.05) is 23.9 Å². The van der Waals surface area contributed by atoms with Crippen LogP contribution >= 0.6 is 11.8 Å². The van der Waals surface area contributed by atoms with E-state index >= 15 is 0 Å². The largest absolute Gasteiger partial charge is 0.392 e. The van der Waals surface area contributed by atoms with Crippen molar-refractivity contribution in [3.05, 3.63) is 29.8 Å². The predicted molar refractivity (Wildman–Crippen MR) is 92.6 cm³/mol. The third-order valence-electron chi connectivity index (χ3n) is 3.97. The van der Waals surface area contributed by atoms with E-state index in [0.29, 0.717) is 11.0 Å². The Morgan fingerprint density at radius 2 is 1.95 bits per heavy atom. The highest BCUT2D eigenvalue weighted by molar-refractivity contribution is 7.99. The summed E-state index contributed by atoms with van der Waals surface area (Å²) in [6.07, 6.45) is 5.78. The lowest BCUT2D eigenvalue weighted by Crippen LogP contribution is -2.14. The molecule has 3 nitrogen and oxygen atoms in total. The van der Waals surface area contributed by atoms with E-state index in [1.165, 1.54) is 17.7 Å². The molecule has 0 N–H and O–H groups in total. The Morgan fingerprint density at radius 1 is 1.32 bits per heavy atom. The summed E-state index contributed by atoms with van der Waals surface area (Å²) in [5, 5.41) is 4.74. The number of ketones is 1. The van der Waals surface area contributed by atoms with Crippen molar-refractivity contribution in [1.29, 1.82) is 0 Å². The van der Waals surface area contributed by atoms with E-state index in [1.54, 1.807) is 6.92 Å². The van der Waals surface area contributed by atoms with Crippen LogP contribution in [0.5, 0.6) is 0 Å². The van der Waals surface area contributed by atoms with Gasteiger partial charge in [-0.15, -0.1) is 11.8 Å². The first-order chi connectivity index (χ1) is 10.6. The maximum absolute atomic E-state index is 11.8. The van der Waals surface area contributed by atoms with Crippen molar-refractivity contribution in [2.24, 2.45) is 5.16 Å². The molecule has 1 aliphatic carbocycles. The molecule has 0 aromatic heterocycles. The molecule has 0 saturated heterocycles. The van der Waals surface area contributed by atoms with E-state index in [-0.39, 0.29) is 11.9 Å². The van der Waals surface area contributed by atoms with Crippen molar-refractivity contribution in [1.82, 2.24) is 0 Å². The molecule has 0 spiro atoms. The summed E-state index contributed by atoms with van der Waals surface area (Å²) in [5.74, 6) is -0.0553. The minimum Gasteiger partial charge on any atom is -0.392 e. The molecular weight excluding hydrogens is 294 g/mol. The van der Waals surface area contributed by atoms with Crippen molar-refractivity contribution < 1.29 is 9.63 Å². The molecule has 0 bridgehead atoms. The van der Waals surface area contributed by atoms with Crippen LogP contribution < -0.4 is 0 Å². The zero-order valence-electron chi connectivity index (χ0n) is 13.7. The quantitative estimate of drug-likeness (QED) is 0.410. The van der Waals surface area contributed by atoms with E-state index in [4.69, 9.17) is 4.84 Å². The summed E-state index contributed by atoms with van der Waals surface area (Å²) in [6.45, 7) is 5.95. The first kappa shape index (κ1) is 17.1. The fourth-order valence-corrected chi connectivity index (χ4v) is 3.37. The summed E-state index contributed by atoms with van der Waals surface area (Å²) in [7, 11) is 0. The van der Waals surface area contributed by atoms with Crippen molar-refractivity contribution in [2.75, 3.05) is 0 Å². The maximum Gasteiger partial charge on any atom is 0.182 e. The van der Waals surface area contributed by atoms with Gasteiger partial charge in [-0.3, -0.25) is 4.79 Å². The van der Waals surface area contributed by atoms with Gasteiger partial charge in [0.05, 0.1) is 0 Å². The standard InChI is InChI=1S/C18H25NO2S/c1-4-13(2)22-17-11-9-15(10-12-17)18(14(3)20)19-21-16-7-5-6-8-16/h9-13,16H,4-8H2,1-3H3/b19-18-. The number of hydrogen-bond acceptors (Lipinski definition) is 4. The average Bonchev–Trinajstić information content (AvgIpc) is 3.02. The Labute approximate surface area is 137 Å². The number of Topliss-reactive ketones (excluding diaryl/α,β-unsaturated/α-hetero) is 1. The van der Waals surface area contributed by atoms with E-state index in [0.717, 1.165) is 24.8 Å². The molecule has 120 valence electrons. The van der Waals surface area contributed by atoms with Crippen LogP contribution in [0.2, 0.25) is 0 Å². The lowest BCUT2D eigenvalue weighted by Gasteiger charge is -2.10. The first-order valence-corrected chi connectivity index (χ1v) is 9.00. The predicted octanol–water partition coefficient (Wildman–Crippen LogP) is 4.83. The molecule has 1 aliphatic rings. The Bertz CT molecular complexity index is 518. The van der Waals surface area contributed by atoms with Crippen LogP contribution in [0.3, 0.4) is 0 Å². The van der Waals surface area contributed by atoms with Crippen LogP contribution in [0, 0.1) is 0 Å². The van der Waals surface area contributed by atoms with Crippen LogP contribution in [0.4, 0.5) is 0 Å². The summed E-state index contributed by atoms with van der Waals surface area (Å²) >= 11 is 1.85. The molecule has 0 aliphatic heterocycles. The number of hydrogen-bond donors (Lipinski definition) is 0. The summed E-state index contributed by atoms with van der Waals surface area (Å²) in [4.78, 5) is 18.6. The molecule has 1 aromatic rings. The van der Waals surface area contributed by atoms with Gasteiger partial charge in [0.15, 0.2) is 11.5 Å². The van der Waals surface area contributed by atoms with Gasteiger partial charge in [-0.05, 0) is 44.2 Å². The number of oxime groups is 1. The molecule has 1 atom stereocenters. The van der Waals surface area contributed by atoms with E-state index in [2.05, 4.69) is 31.1 Å². The fourth-order valence-electron chi connectivity index (χ4n) is 2.45. The first-order valence-electron chi connectivity index (χ1n) is 8.12. The summed E-state index contributed by atoms with van der Waals surface area (Å²) in [5.41, 5.74) is 1.26. The number of thioether (sulfide) groups is 1. The van der Waals surface area contributed by atoms with Gasteiger partial charge in [-0.1, -0.05) is 31.1 Å². The number of carbonyl (C=O) groups is 1. The number of nitrogens with zero attached hydrogens (tertiary/aromatic N) is 1. The van der Waals surface area contributed by atoms with Crippen molar-refractivity contribution in [3.63, 3.8) is 0 Å². The van der Waals surface area contributed by atoms with Gasteiger partial charge < -0.3 is 4.84 Å². The second-order valence-corrected chi connectivity index (χ2v) is 7.38. The summed E-state index contributed by atoms with van der Waals surface area (Å²) < 4.78 is 0. The van der Waals surface area contributed by atoms with Crippen LogP contribution in [0.25, 0.3) is 0 Å². The smallest absolute Gasteiger partial charge is 0.182 e. The topological polar surface area (TPSA) is 38.7 Å². The Hall–Kier alpha value is -1.29. The Kier molecular flexibility index (Phi) is 6.49. The van der Waals surface area contributed by atoms with Gasteiger partial charge in [-0.25, -0.2) is 0 Å². The molecule has 1 fully saturated rings. The average molecular weight is 319 g/mol. The van der Waals surface area contributed by atoms with Gasteiger partial charge in [0.25, 0.3) is 0 Å². The lowest BCUT2D eigenvalue weighted by atomic mass is 10.1. The van der Waals surface area contributed by atoms with Crippen molar-refractivity contribution in [3.8, 4) is 0 Å². The molecular formula is C18H25NO2S. The molecule has 0 heterocycles. The van der Waals surface area contributed by atoms with Gasteiger partial charge in [0.2, 0.25) is 0 Å². The molecule has 1 unspecified atom stereocenters. The van der Waals surface area contributed by atoms with Crippen LogP contribution in [-0.4, -0.2) is 22.8 Å². The highest BCUT2D eigenvalue weighted by atomic mass is 32.2. The molecule has 4 heteroatoms. The van der Waals surface area contributed by atoms with Crippen LogP contribution in [0.1, 0.15) is 58.4 Å². The molecule has 0 amide bonds. The zero-order valence-corrected chi connectivity index (χ0v) is 14.5. The van der Waals surface area contributed by atoms with Crippen LogP contribution in [0.15, 0.2) is 34.3 Å². The minimum absolute atomic E-state index is 0.0553. The second kappa shape index (κ2) is 8.37. The number of carbonyl (C=O) groups excluding carboxylic acids is 1. The Morgan fingerprint density at radius 3 is 2.50 bits per heavy atom. The lowest BCUT2D eigenvalue weighted by molar-refractivity contribution is -0.111. The second-order valence-electron chi connectivity index (χ2n) is 5.87. The molecule has 0 radical (unpaired) electrons. The van der Waals surface area contributed by atoms with Gasteiger partial charge in [-0.2, -0.15) is 0 Å². The molecule has 1 saturated carbocycles. The normalized spacial score (nSPS) is 17.5. The van der Waals surface area contributed by atoms with Gasteiger partial charge in [0, 0.05) is 22.6 Å². The van der Waals surface area contributed by atoms with Gasteiger partial charge >= 0.3 is 0 Å². The highest BCUT2D eigenvalue weighted by Crippen LogP contribution is 2.25. The van der Waals surface area contributed by atoms with E-state index < -0.39 is 0 Å². The monoisotopic (exact) mass is 319 g/mol. The fraction of sp³-hybridized carbons (Fsp3) is 0.556. The maximum atomic E-state index is 11.8. The number of benzene rings is 1. The summed E-state index contributed by atoms with van der Waals surface area (Å²) in [6, 6.07) is 8.03. The third kappa shape index (κ3) is 4.87. The zero-order chi connectivity index (χ0) is 15.9. The molecule has 2 rings (SSSR count). The SMILES string of the molecule is CCC(C)Sc1ccc(/C(=N\OC2CCCC2)C(C)=O)cc1. The number of rotatable bonds is 7. The molecule has 22 heavy (non-hydrogen) atoms. The van der Waals surface area contributed by atoms with Crippen molar-refractivity contribution in [2.45, 2.75) is 69.1 Å². The third-order valence-corrected chi connectivity index (χ3v) is 5.25. The Balaban J connectivity index is 2.07.